The van der Waals surface area contributed by atoms with E-state index >= 15 is 0 Å². The summed E-state index contributed by atoms with van der Waals surface area (Å²) < 4.78 is 0.907. The number of para-hydroxylation sites is 1. The summed E-state index contributed by atoms with van der Waals surface area (Å²) >= 11 is 3.56. The number of nitrogens with zero attached hydrogens (tertiary/aromatic N) is 1. The maximum Gasteiger partial charge on any atom is 0.238 e. The number of benzene rings is 4. The van der Waals surface area contributed by atoms with E-state index in [9.17, 15) is 14.4 Å². The van der Waals surface area contributed by atoms with Crippen molar-refractivity contribution < 1.29 is 14.4 Å². The van der Waals surface area contributed by atoms with Crippen molar-refractivity contribution in [3.8, 4) is 0 Å². The van der Waals surface area contributed by atoms with Crippen LogP contribution in [0.1, 0.15) is 31.8 Å². The predicted octanol–water partition coefficient (Wildman–Crippen LogP) is 6.31. The number of Topliss-reactive ketones (excluding diaryl/α,β-unsaturated/α-hetero) is 2. The number of fused-ring (bicyclic) bond motifs is 6. The molecule has 3 aliphatic rings. The first-order valence-electron chi connectivity index (χ1n) is 12.9. The van der Waals surface area contributed by atoms with Gasteiger partial charge in [0.15, 0.2) is 11.6 Å². The predicted molar refractivity (Wildman–Crippen MR) is 155 cm³/mol. The van der Waals surface area contributed by atoms with Gasteiger partial charge >= 0.3 is 0 Å². The Hall–Kier alpha value is -4.29. The van der Waals surface area contributed by atoms with Gasteiger partial charge in [-0.1, -0.05) is 107 Å². The molecule has 1 saturated heterocycles. The molecule has 1 amide bonds. The van der Waals surface area contributed by atoms with E-state index in [1.54, 1.807) is 24.3 Å². The molecular formula is C33H23BrN2O3. The van der Waals surface area contributed by atoms with Crippen LogP contribution in [-0.2, 0) is 10.2 Å². The second kappa shape index (κ2) is 8.89. The molecule has 1 spiro atoms. The Kier molecular flexibility index (Phi) is 5.42. The van der Waals surface area contributed by atoms with E-state index in [0.29, 0.717) is 16.8 Å². The fourth-order valence-electron chi connectivity index (χ4n) is 6.71. The molecule has 5 nitrogen and oxygen atoms in total. The quantitative estimate of drug-likeness (QED) is 0.290. The fraction of sp³-hybridized carbons (Fsp3) is 0.121. The number of amides is 1. The van der Waals surface area contributed by atoms with Gasteiger partial charge < -0.3 is 10.2 Å². The van der Waals surface area contributed by atoms with Gasteiger partial charge in [-0.15, -0.1) is 0 Å². The molecule has 3 aliphatic heterocycles. The average Bonchev–Trinajstić information content (AvgIpc) is 3.45. The minimum Gasteiger partial charge on any atom is -0.352 e. The van der Waals surface area contributed by atoms with Crippen LogP contribution in [0.4, 0.5) is 11.4 Å². The Balaban J connectivity index is 1.55. The summed E-state index contributed by atoms with van der Waals surface area (Å²) in [5, 5.41) is 3.06. The van der Waals surface area contributed by atoms with Crippen LogP contribution in [0.25, 0.3) is 6.08 Å². The highest BCUT2D eigenvalue weighted by Gasteiger charge is 2.70. The summed E-state index contributed by atoms with van der Waals surface area (Å²) in [5.41, 5.74) is 2.83. The van der Waals surface area contributed by atoms with Crippen LogP contribution in [0.5, 0.6) is 0 Å². The molecule has 4 aromatic carbocycles. The molecule has 0 aromatic heterocycles. The van der Waals surface area contributed by atoms with Gasteiger partial charge in [-0.05, 0) is 35.4 Å². The fourth-order valence-corrected chi connectivity index (χ4v) is 7.08. The smallest absolute Gasteiger partial charge is 0.238 e. The van der Waals surface area contributed by atoms with Crippen molar-refractivity contribution in [2.75, 3.05) is 10.2 Å². The van der Waals surface area contributed by atoms with Gasteiger partial charge in [0, 0.05) is 27.0 Å². The van der Waals surface area contributed by atoms with E-state index in [1.165, 1.54) is 0 Å². The van der Waals surface area contributed by atoms with Crippen LogP contribution in [0.15, 0.2) is 114 Å². The third kappa shape index (κ3) is 3.34. The highest BCUT2D eigenvalue weighted by molar-refractivity contribution is 9.10. The van der Waals surface area contributed by atoms with Gasteiger partial charge in [0.2, 0.25) is 5.91 Å². The molecule has 0 radical (unpaired) electrons. The number of rotatable bonds is 4. The van der Waals surface area contributed by atoms with E-state index in [0.717, 1.165) is 21.3 Å². The molecule has 1 N–H and O–H groups in total. The van der Waals surface area contributed by atoms with E-state index in [-0.39, 0.29) is 17.5 Å². The van der Waals surface area contributed by atoms with Crippen LogP contribution in [0.3, 0.4) is 0 Å². The Morgan fingerprint density at radius 2 is 1.44 bits per heavy atom. The van der Waals surface area contributed by atoms with Gasteiger partial charge in [-0.2, -0.15) is 0 Å². The van der Waals surface area contributed by atoms with Crippen molar-refractivity contribution in [3.05, 3.63) is 136 Å². The van der Waals surface area contributed by atoms with Gasteiger partial charge in [0.1, 0.15) is 11.5 Å². The highest BCUT2D eigenvalue weighted by Crippen LogP contribution is 2.58. The van der Waals surface area contributed by atoms with Crippen LogP contribution in [-0.4, -0.2) is 29.6 Å². The molecule has 0 unspecified atom stereocenters. The van der Waals surface area contributed by atoms with E-state index < -0.39 is 23.4 Å². The summed E-state index contributed by atoms with van der Waals surface area (Å²) in [7, 11) is 0. The first kappa shape index (κ1) is 23.8. The molecule has 4 atom stereocenters. The minimum atomic E-state index is -1.31. The van der Waals surface area contributed by atoms with Crippen molar-refractivity contribution in [3.63, 3.8) is 0 Å². The lowest BCUT2D eigenvalue weighted by Gasteiger charge is -2.37. The topological polar surface area (TPSA) is 66.5 Å². The number of anilines is 2. The van der Waals surface area contributed by atoms with E-state index in [4.69, 9.17) is 0 Å². The maximum atomic E-state index is 14.6. The molecule has 4 aromatic rings. The molecule has 39 heavy (non-hydrogen) atoms. The van der Waals surface area contributed by atoms with E-state index in [2.05, 4.69) is 21.2 Å². The normalized spacial score (nSPS) is 24.2. The Morgan fingerprint density at radius 1 is 0.795 bits per heavy atom. The van der Waals surface area contributed by atoms with Crippen molar-refractivity contribution in [1.29, 1.82) is 0 Å². The lowest BCUT2D eigenvalue weighted by Crippen LogP contribution is -2.51. The summed E-state index contributed by atoms with van der Waals surface area (Å²) in [5.74, 6) is -1.65. The molecule has 1 fully saturated rings. The summed E-state index contributed by atoms with van der Waals surface area (Å²) in [6.07, 6.45) is 3.98. The van der Waals surface area contributed by atoms with Crippen LogP contribution in [0, 0.1) is 5.92 Å². The second-order valence-electron chi connectivity index (χ2n) is 10.2. The van der Waals surface area contributed by atoms with E-state index in [1.807, 2.05) is 95.9 Å². The number of carbonyl (C=O) groups is 3. The van der Waals surface area contributed by atoms with Crippen LogP contribution >= 0.6 is 15.9 Å². The zero-order valence-electron chi connectivity index (χ0n) is 20.8. The van der Waals surface area contributed by atoms with Crippen LogP contribution in [0.2, 0.25) is 0 Å². The zero-order valence-corrected chi connectivity index (χ0v) is 22.3. The number of hydrogen-bond donors (Lipinski definition) is 1. The molecule has 3 heterocycles. The first-order valence-corrected chi connectivity index (χ1v) is 13.7. The number of ketones is 2. The third-order valence-corrected chi connectivity index (χ3v) is 8.76. The summed E-state index contributed by atoms with van der Waals surface area (Å²) in [4.78, 5) is 45.5. The number of hydrogen-bond acceptors (Lipinski definition) is 4. The first-order chi connectivity index (χ1) is 19.0. The Morgan fingerprint density at radius 3 is 2.15 bits per heavy atom. The average molecular weight is 575 g/mol. The third-order valence-electron chi connectivity index (χ3n) is 8.26. The molecule has 7 rings (SSSR count). The van der Waals surface area contributed by atoms with Crippen molar-refractivity contribution in [2.24, 2.45) is 5.92 Å². The lowest BCUT2D eigenvalue weighted by atomic mass is 9.64. The maximum absolute atomic E-state index is 14.6. The van der Waals surface area contributed by atoms with Crippen LogP contribution < -0.4 is 10.2 Å². The standard InChI is InChI=1S/C33H23BrN2O3/c34-23-16-17-26-22(19-23)15-18-27-33(24-13-7-8-14-25(24)35-32(33)39)28(30(37)20-9-3-1-4-10-20)29(36(26)27)31(38)21-11-5-2-6-12-21/h1-19,27-29H,(H,35,39)/t27-,28+,29+,33+/m1/s1. The second-order valence-corrected chi connectivity index (χ2v) is 11.1. The van der Waals surface area contributed by atoms with Gasteiger partial charge in [-0.25, -0.2) is 0 Å². The zero-order chi connectivity index (χ0) is 26.7. The minimum absolute atomic E-state index is 0.187. The molecular weight excluding hydrogens is 552 g/mol. The number of halogens is 1. The van der Waals surface area contributed by atoms with Gasteiger partial charge in [0.05, 0.1) is 12.0 Å². The lowest BCUT2D eigenvalue weighted by molar-refractivity contribution is -0.121. The summed E-state index contributed by atoms with van der Waals surface area (Å²) in [6.45, 7) is 0. The van der Waals surface area contributed by atoms with Crippen molar-refractivity contribution in [2.45, 2.75) is 17.5 Å². The molecule has 190 valence electrons. The molecule has 0 saturated carbocycles. The highest BCUT2D eigenvalue weighted by atomic mass is 79.9. The SMILES string of the molecule is O=C(c1ccccc1)[C@@H]1[C@@H](C(=O)c2ccccc2)[C@@]2(C(=O)Nc3ccccc32)[C@H]2C=Cc3cc(Br)ccc3N12. The molecule has 0 aliphatic carbocycles. The van der Waals surface area contributed by atoms with Gasteiger partial charge in [-0.3, -0.25) is 14.4 Å². The Bertz CT molecular complexity index is 1680. The van der Waals surface area contributed by atoms with Gasteiger partial charge in [0.25, 0.3) is 0 Å². The Labute approximate surface area is 234 Å². The van der Waals surface area contributed by atoms with Crippen molar-refractivity contribution >= 4 is 50.9 Å². The molecule has 0 bridgehead atoms. The monoisotopic (exact) mass is 574 g/mol. The largest absolute Gasteiger partial charge is 0.352 e. The van der Waals surface area contributed by atoms with Crippen molar-refractivity contribution in [1.82, 2.24) is 0 Å². The molecule has 6 heteroatoms. The summed E-state index contributed by atoms with van der Waals surface area (Å²) in [6, 6.07) is 30.0. The number of nitrogens with one attached hydrogen (secondary N) is 1. The number of carbonyl (C=O) groups excluding carboxylic acids is 3.